The van der Waals surface area contributed by atoms with Crippen molar-refractivity contribution in [2.45, 2.75) is 44.2 Å². The SMILES string of the molecule is CN1CCCCC(CNC2CC2)C1c1cc(Cl)cc(Cl)c1. The van der Waals surface area contributed by atoms with Crippen LogP contribution >= 0.6 is 23.2 Å². The molecule has 21 heavy (non-hydrogen) atoms. The molecular weight excluding hydrogens is 303 g/mol. The number of benzene rings is 1. The second-order valence-electron chi connectivity index (χ2n) is 6.57. The number of nitrogens with zero attached hydrogens (tertiary/aromatic N) is 1. The van der Waals surface area contributed by atoms with E-state index in [1.807, 2.05) is 6.07 Å². The maximum Gasteiger partial charge on any atom is 0.0424 e. The summed E-state index contributed by atoms with van der Waals surface area (Å²) in [6, 6.07) is 7.17. The molecule has 3 rings (SSSR count). The third-order valence-electron chi connectivity index (χ3n) is 4.73. The first-order valence-electron chi connectivity index (χ1n) is 8.03. The Balaban J connectivity index is 1.83. The smallest absolute Gasteiger partial charge is 0.0424 e. The van der Waals surface area contributed by atoms with Gasteiger partial charge >= 0.3 is 0 Å². The van der Waals surface area contributed by atoms with Crippen LogP contribution in [0.1, 0.15) is 43.7 Å². The van der Waals surface area contributed by atoms with Gasteiger partial charge < -0.3 is 5.32 Å². The molecule has 1 saturated carbocycles. The van der Waals surface area contributed by atoms with Gasteiger partial charge in [-0.25, -0.2) is 0 Å². The van der Waals surface area contributed by atoms with Gasteiger partial charge in [-0.3, -0.25) is 4.90 Å². The molecule has 2 nitrogen and oxygen atoms in total. The quantitative estimate of drug-likeness (QED) is 0.875. The fourth-order valence-electron chi connectivity index (χ4n) is 3.52. The van der Waals surface area contributed by atoms with Crippen LogP contribution in [0.4, 0.5) is 0 Å². The van der Waals surface area contributed by atoms with Gasteiger partial charge in [0.25, 0.3) is 0 Å². The summed E-state index contributed by atoms with van der Waals surface area (Å²) in [5.74, 6) is 0.632. The predicted octanol–water partition coefficient (Wildman–Crippen LogP) is 4.52. The molecule has 4 heteroatoms. The lowest BCUT2D eigenvalue weighted by molar-refractivity contribution is 0.189. The van der Waals surface area contributed by atoms with Crippen LogP contribution in [0.25, 0.3) is 0 Å². The zero-order chi connectivity index (χ0) is 14.8. The highest BCUT2D eigenvalue weighted by Gasteiger charge is 2.31. The van der Waals surface area contributed by atoms with Crippen molar-refractivity contribution in [3.8, 4) is 0 Å². The van der Waals surface area contributed by atoms with E-state index in [9.17, 15) is 0 Å². The zero-order valence-corrected chi connectivity index (χ0v) is 14.1. The summed E-state index contributed by atoms with van der Waals surface area (Å²) in [5.41, 5.74) is 1.26. The molecule has 1 aliphatic heterocycles. The molecule has 0 radical (unpaired) electrons. The second kappa shape index (κ2) is 6.87. The van der Waals surface area contributed by atoms with E-state index in [4.69, 9.17) is 23.2 Å². The molecule has 1 aromatic rings. The average Bonchev–Trinajstić information content (AvgIpc) is 3.23. The first-order valence-corrected chi connectivity index (χ1v) is 8.78. The van der Waals surface area contributed by atoms with Crippen molar-refractivity contribution >= 4 is 23.2 Å². The third-order valence-corrected chi connectivity index (χ3v) is 5.17. The molecule has 2 fully saturated rings. The molecule has 1 heterocycles. The molecule has 2 atom stereocenters. The Labute approximate surface area is 137 Å². The summed E-state index contributed by atoms with van der Waals surface area (Å²) < 4.78 is 0. The van der Waals surface area contributed by atoms with Crippen molar-refractivity contribution in [1.29, 1.82) is 0 Å². The Bertz CT molecular complexity index is 467. The average molecular weight is 327 g/mol. The summed E-state index contributed by atoms with van der Waals surface area (Å²) in [7, 11) is 2.23. The van der Waals surface area contributed by atoms with Crippen molar-refractivity contribution in [2.24, 2.45) is 5.92 Å². The van der Waals surface area contributed by atoms with E-state index >= 15 is 0 Å². The molecule has 0 spiro atoms. The van der Waals surface area contributed by atoms with Gasteiger partial charge in [0.15, 0.2) is 0 Å². The summed E-state index contributed by atoms with van der Waals surface area (Å²) in [6.45, 7) is 2.25. The minimum absolute atomic E-state index is 0.412. The van der Waals surface area contributed by atoms with Crippen LogP contribution in [0.3, 0.4) is 0 Å². The van der Waals surface area contributed by atoms with Gasteiger partial charge in [-0.2, -0.15) is 0 Å². The highest BCUT2D eigenvalue weighted by atomic mass is 35.5. The summed E-state index contributed by atoms with van der Waals surface area (Å²) in [4.78, 5) is 2.48. The molecule has 0 bridgehead atoms. The van der Waals surface area contributed by atoms with E-state index < -0.39 is 0 Å². The van der Waals surface area contributed by atoms with Crippen molar-refractivity contribution in [1.82, 2.24) is 10.2 Å². The fourth-order valence-corrected chi connectivity index (χ4v) is 4.06. The molecule has 0 amide bonds. The number of hydrogen-bond acceptors (Lipinski definition) is 2. The zero-order valence-electron chi connectivity index (χ0n) is 12.6. The van der Waals surface area contributed by atoms with Gasteiger partial charge in [-0.15, -0.1) is 0 Å². The number of rotatable bonds is 4. The summed E-state index contributed by atoms with van der Waals surface area (Å²) >= 11 is 12.4. The van der Waals surface area contributed by atoms with E-state index in [-0.39, 0.29) is 0 Å². The van der Waals surface area contributed by atoms with Crippen LogP contribution in [-0.2, 0) is 0 Å². The van der Waals surface area contributed by atoms with Crippen LogP contribution in [0, 0.1) is 5.92 Å². The molecule has 1 N–H and O–H groups in total. The van der Waals surface area contributed by atoms with E-state index in [1.165, 1.54) is 37.7 Å². The van der Waals surface area contributed by atoms with Crippen LogP contribution in [0.2, 0.25) is 10.0 Å². The van der Waals surface area contributed by atoms with Gasteiger partial charge in [0.1, 0.15) is 0 Å². The summed E-state index contributed by atoms with van der Waals surface area (Å²) in [5, 5.41) is 5.19. The topological polar surface area (TPSA) is 15.3 Å². The Morgan fingerprint density at radius 3 is 2.48 bits per heavy atom. The molecule has 0 aromatic heterocycles. The van der Waals surface area contributed by atoms with Gasteiger partial charge in [-0.05, 0) is 69.0 Å². The van der Waals surface area contributed by atoms with Crippen LogP contribution in [0.15, 0.2) is 18.2 Å². The lowest BCUT2D eigenvalue weighted by atomic mass is 9.89. The Morgan fingerprint density at radius 1 is 1.10 bits per heavy atom. The Hall–Kier alpha value is -0.280. The van der Waals surface area contributed by atoms with Gasteiger partial charge in [0.2, 0.25) is 0 Å². The minimum atomic E-state index is 0.412. The molecule has 1 aliphatic carbocycles. The maximum absolute atomic E-state index is 6.22. The van der Waals surface area contributed by atoms with Gasteiger partial charge in [-0.1, -0.05) is 29.6 Å². The van der Waals surface area contributed by atoms with E-state index in [1.54, 1.807) is 0 Å². The normalized spacial score (nSPS) is 27.6. The number of hydrogen-bond donors (Lipinski definition) is 1. The largest absolute Gasteiger partial charge is 0.314 e. The van der Waals surface area contributed by atoms with Crippen molar-refractivity contribution in [3.63, 3.8) is 0 Å². The molecular formula is C17H24Cl2N2. The van der Waals surface area contributed by atoms with E-state index in [2.05, 4.69) is 29.4 Å². The maximum atomic E-state index is 6.22. The number of likely N-dealkylation sites (tertiary alicyclic amines) is 1. The standard InChI is InChI=1S/C17H24Cl2N2/c1-21-7-3-2-4-12(11-20-16-5-6-16)17(21)13-8-14(18)10-15(19)9-13/h8-10,12,16-17,20H,2-7,11H2,1H3. The van der Waals surface area contributed by atoms with E-state index in [0.717, 1.165) is 29.2 Å². The van der Waals surface area contributed by atoms with Crippen molar-refractivity contribution < 1.29 is 0 Å². The highest BCUT2D eigenvalue weighted by Crippen LogP contribution is 2.36. The fraction of sp³-hybridized carbons (Fsp3) is 0.647. The Kier molecular flexibility index (Phi) is 5.11. The monoisotopic (exact) mass is 326 g/mol. The summed E-state index contributed by atoms with van der Waals surface area (Å²) in [6.07, 6.45) is 6.55. The van der Waals surface area contributed by atoms with Crippen molar-refractivity contribution in [3.05, 3.63) is 33.8 Å². The van der Waals surface area contributed by atoms with Crippen LogP contribution in [-0.4, -0.2) is 31.1 Å². The lowest BCUT2D eigenvalue weighted by Crippen LogP contribution is -2.35. The lowest BCUT2D eigenvalue weighted by Gasteiger charge is -2.33. The third kappa shape index (κ3) is 4.13. The van der Waals surface area contributed by atoms with Crippen LogP contribution < -0.4 is 5.32 Å². The minimum Gasteiger partial charge on any atom is -0.314 e. The Morgan fingerprint density at radius 2 is 1.81 bits per heavy atom. The molecule has 116 valence electrons. The molecule has 1 saturated heterocycles. The molecule has 2 aliphatic rings. The first kappa shape index (κ1) is 15.6. The second-order valence-corrected chi connectivity index (χ2v) is 7.44. The first-order chi connectivity index (χ1) is 10.1. The molecule has 2 unspecified atom stereocenters. The van der Waals surface area contributed by atoms with E-state index in [0.29, 0.717) is 12.0 Å². The molecule has 1 aromatic carbocycles. The predicted molar refractivity (Wildman–Crippen MR) is 90.2 cm³/mol. The van der Waals surface area contributed by atoms with Gasteiger partial charge in [0, 0.05) is 28.7 Å². The number of nitrogens with one attached hydrogen (secondary N) is 1. The van der Waals surface area contributed by atoms with Crippen LogP contribution in [0.5, 0.6) is 0 Å². The van der Waals surface area contributed by atoms with Gasteiger partial charge in [0.05, 0.1) is 0 Å². The highest BCUT2D eigenvalue weighted by molar-refractivity contribution is 6.34. The number of halogens is 2. The van der Waals surface area contributed by atoms with Crippen molar-refractivity contribution in [2.75, 3.05) is 20.1 Å².